The number of aromatic nitrogens is 2. The molecule has 1 aromatic heterocycles. The minimum absolute atomic E-state index is 0. The first kappa shape index (κ1) is 18.5. The fraction of sp³-hybridized carbons (Fsp3) is 0.444. The van der Waals surface area contributed by atoms with Crippen LogP contribution in [-0.2, 0) is 0 Å². The highest BCUT2D eigenvalue weighted by Crippen LogP contribution is 2.24. The summed E-state index contributed by atoms with van der Waals surface area (Å²) < 4.78 is 0. The second kappa shape index (κ2) is 8.85. The van der Waals surface area contributed by atoms with Crippen molar-refractivity contribution in [3.63, 3.8) is 0 Å². The number of carbonyl (C=O) groups is 1. The minimum atomic E-state index is 0. The molecule has 5 nitrogen and oxygen atoms in total. The van der Waals surface area contributed by atoms with E-state index in [4.69, 9.17) is 0 Å². The topological polar surface area (TPSA) is 61.0 Å². The molecule has 1 aromatic carbocycles. The fourth-order valence-electron chi connectivity index (χ4n) is 3.13. The van der Waals surface area contributed by atoms with Crippen LogP contribution in [0, 0.1) is 5.92 Å². The van der Waals surface area contributed by atoms with Gasteiger partial charge < -0.3 is 10.2 Å². The number of halogens is 1. The van der Waals surface area contributed by atoms with Gasteiger partial charge in [-0.3, -0.25) is 9.89 Å². The summed E-state index contributed by atoms with van der Waals surface area (Å²) in [5, 5.41) is 10.5. The monoisotopic (exact) mass is 348 g/mol. The second-order valence-corrected chi connectivity index (χ2v) is 6.07. The Hall–Kier alpha value is -1.85. The van der Waals surface area contributed by atoms with Gasteiger partial charge in [0, 0.05) is 18.7 Å². The van der Waals surface area contributed by atoms with Crippen molar-refractivity contribution in [2.75, 3.05) is 26.2 Å². The number of carbonyl (C=O) groups excluding carboxylic acids is 1. The van der Waals surface area contributed by atoms with Gasteiger partial charge in [-0.2, -0.15) is 5.10 Å². The summed E-state index contributed by atoms with van der Waals surface area (Å²) in [6.07, 6.45) is 3.78. The quantitative estimate of drug-likeness (QED) is 0.873. The molecule has 6 heteroatoms. The first-order chi connectivity index (χ1) is 11.3. The highest BCUT2D eigenvalue weighted by Gasteiger charge is 2.26. The lowest BCUT2D eigenvalue weighted by Crippen LogP contribution is -2.40. The zero-order valence-corrected chi connectivity index (χ0v) is 14.8. The fourth-order valence-corrected chi connectivity index (χ4v) is 3.13. The van der Waals surface area contributed by atoms with Crippen molar-refractivity contribution in [1.82, 2.24) is 20.4 Å². The second-order valence-electron chi connectivity index (χ2n) is 6.07. The number of hydrogen-bond donors (Lipinski definition) is 2. The van der Waals surface area contributed by atoms with Gasteiger partial charge >= 0.3 is 0 Å². The number of rotatable bonds is 5. The molecule has 2 N–H and O–H groups in total. The lowest BCUT2D eigenvalue weighted by molar-refractivity contribution is 0.0691. The smallest absolute Gasteiger partial charge is 0.257 e. The molecule has 0 bridgehead atoms. The largest absolute Gasteiger partial charge is 0.339 e. The van der Waals surface area contributed by atoms with E-state index in [1.165, 1.54) is 0 Å². The van der Waals surface area contributed by atoms with Crippen LogP contribution in [0.4, 0.5) is 0 Å². The molecule has 0 aliphatic carbocycles. The molecule has 0 atom stereocenters. The molecule has 24 heavy (non-hydrogen) atoms. The van der Waals surface area contributed by atoms with Gasteiger partial charge in [-0.25, -0.2) is 0 Å². The van der Waals surface area contributed by atoms with E-state index >= 15 is 0 Å². The first-order valence-electron chi connectivity index (χ1n) is 8.38. The number of aromatic amines is 1. The van der Waals surface area contributed by atoms with Gasteiger partial charge in [0.25, 0.3) is 5.91 Å². The van der Waals surface area contributed by atoms with E-state index in [2.05, 4.69) is 22.4 Å². The number of piperidine rings is 1. The Morgan fingerprint density at radius 3 is 2.67 bits per heavy atom. The summed E-state index contributed by atoms with van der Waals surface area (Å²) >= 11 is 0. The van der Waals surface area contributed by atoms with Gasteiger partial charge in [-0.1, -0.05) is 37.3 Å². The normalized spacial score (nSPS) is 15.1. The van der Waals surface area contributed by atoms with E-state index in [0.29, 0.717) is 11.5 Å². The maximum absolute atomic E-state index is 12.8. The van der Waals surface area contributed by atoms with Crippen LogP contribution < -0.4 is 5.32 Å². The van der Waals surface area contributed by atoms with Crippen LogP contribution in [0.15, 0.2) is 36.5 Å². The average molecular weight is 349 g/mol. The molecule has 2 aromatic rings. The SMILES string of the molecule is CCNCC1CCN(C(=O)c2cn[nH]c2-c2ccccc2)CC1.Cl. The van der Waals surface area contributed by atoms with Gasteiger partial charge in [-0.15, -0.1) is 12.4 Å². The van der Waals surface area contributed by atoms with Crippen LogP contribution in [0.1, 0.15) is 30.1 Å². The van der Waals surface area contributed by atoms with Crippen LogP contribution in [-0.4, -0.2) is 47.2 Å². The predicted octanol–water partition coefficient (Wildman–Crippen LogP) is 2.96. The Labute approximate surface area is 149 Å². The minimum Gasteiger partial charge on any atom is -0.339 e. The number of amides is 1. The van der Waals surface area contributed by atoms with Gasteiger partial charge in [0.2, 0.25) is 0 Å². The molecule has 2 heterocycles. The van der Waals surface area contributed by atoms with Gasteiger partial charge in [-0.05, 0) is 31.8 Å². The van der Waals surface area contributed by atoms with E-state index in [-0.39, 0.29) is 18.3 Å². The summed E-state index contributed by atoms with van der Waals surface area (Å²) in [4.78, 5) is 14.8. The third-order valence-electron chi connectivity index (χ3n) is 4.52. The first-order valence-corrected chi connectivity index (χ1v) is 8.38. The predicted molar refractivity (Wildman–Crippen MR) is 98.4 cm³/mol. The average Bonchev–Trinajstić information content (AvgIpc) is 3.10. The van der Waals surface area contributed by atoms with E-state index < -0.39 is 0 Å². The Morgan fingerprint density at radius 1 is 1.29 bits per heavy atom. The molecule has 1 aliphatic heterocycles. The number of benzene rings is 1. The number of hydrogen-bond acceptors (Lipinski definition) is 3. The van der Waals surface area contributed by atoms with Gasteiger partial charge in [0.1, 0.15) is 0 Å². The van der Waals surface area contributed by atoms with Crippen molar-refractivity contribution >= 4 is 18.3 Å². The van der Waals surface area contributed by atoms with E-state index in [9.17, 15) is 4.79 Å². The standard InChI is InChI=1S/C18H24N4O.ClH/c1-2-19-12-14-8-10-22(11-9-14)18(23)16-13-20-21-17(16)15-6-4-3-5-7-15;/h3-7,13-14,19H,2,8-12H2,1H3,(H,20,21);1H. The third-order valence-corrected chi connectivity index (χ3v) is 4.52. The van der Waals surface area contributed by atoms with E-state index in [1.54, 1.807) is 6.20 Å². The maximum atomic E-state index is 12.8. The number of H-pyrrole nitrogens is 1. The summed E-state index contributed by atoms with van der Waals surface area (Å²) in [6.45, 7) is 5.85. The highest BCUT2D eigenvalue weighted by molar-refractivity contribution is 5.99. The Bertz CT molecular complexity index is 635. The molecule has 0 unspecified atom stereocenters. The zero-order chi connectivity index (χ0) is 16.1. The maximum Gasteiger partial charge on any atom is 0.257 e. The van der Waals surface area contributed by atoms with Gasteiger partial charge in [0.15, 0.2) is 0 Å². The van der Waals surface area contributed by atoms with Crippen molar-refractivity contribution in [2.45, 2.75) is 19.8 Å². The Kier molecular flexibility index (Phi) is 6.82. The molecule has 0 saturated carbocycles. The molecule has 1 amide bonds. The molecular formula is C18H25ClN4O. The molecule has 130 valence electrons. The number of nitrogens with zero attached hydrogens (tertiary/aromatic N) is 2. The van der Waals surface area contributed by atoms with Crippen molar-refractivity contribution in [2.24, 2.45) is 5.92 Å². The van der Waals surface area contributed by atoms with Crippen LogP contribution >= 0.6 is 12.4 Å². The zero-order valence-electron chi connectivity index (χ0n) is 14.0. The third kappa shape index (κ3) is 4.16. The molecule has 3 rings (SSSR count). The van der Waals surface area contributed by atoms with Crippen LogP contribution in [0.2, 0.25) is 0 Å². The van der Waals surface area contributed by atoms with Gasteiger partial charge in [0.05, 0.1) is 17.5 Å². The highest BCUT2D eigenvalue weighted by atomic mass is 35.5. The van der Waals surface area contributed by atoms with Crippen LogP contribution in [0.5, 0.6) is 0 Å². The van der Waals surface area contributed by atoms with E-state index in [1.807, 2.05) is 35.2 Å². The van der Waals surface area contributed by atoms with Crippen molar-refractivity contribution in [1.29, 1.82) is 0 Å². The summed E-state index contributed by atoms with van der Waals surface area (Å²) in [7, 11) is 0. The number of nitrogens with one attached hydrogen (secondary N) is 2. The summed E-state index contributed by atoms with van der Waals surface area (Å²) in [6, 6.07) is 9.89. The molecule has 1 aliphatic rings. The van der Waals surface area contributed by atoms with Crippen LogP contribution in [0.25, 0.3) is 11.3 Å². The lowest BCUT2D eigenvalue weighted by atomic mass is 9.96. The molecule has 0 spiro atoms. The molecular weight excluding hydrogens is 324 g/mol. The van der Waals surface area contributed by atoms with Crippen molar-refractivity contribution in [3.8, 4) is 11.3 Å². The Morgan fingerprint density at radius 2 is 2.00 bits per heavy atom. The van der Waals surface area contributed by atoms with Crippen molar-refractivity contribution in [3.05, 3.63) is 42.1 Å². The molecule has 0 radical (unpaired) electrons. The van der Waals surface area contributed by atoms with E-state index in [0.717, 1.165) is 50.3 Å². The summed E-state index contributed by atoms with van der Waals surface area (Å²) in [5.74, 6) is 0.761. The summed E-state index contributed by atoms with van der Waals surface area (Å²) in [5.41, 5.74) is 2.47. The lowest BCUT2D eigenvalue weighted by Gasteiger charge is -2.32. The molecule has 1 saturated heterocycles. The van der Waals surface area contributed by atoms with Crippen molar-refractivity contribution < 1.29 is 4.79 Å². The Balaban J connectivity index is 0.00000208. The molecule has 1 fully saturated rings. The van der Waals surface area contributed by atoms with Crippen LogP contribution in [0.3, 0.4) is 0 Å². The number of likely N-dealkylation sites (tertiary alicyclic amines) is 1.